The Bertz CT molecular complexity index is 116. The molecule has 0 aromatic heterocycles. The summed E-state index contributed by atoms with van der Waals surface area (Å²) < 4.78 is 0. The van der Waals surface area contributed by atoms with E-state index in [4.69, 9.17) is 5.84 Å². The Morgan fingerprint density at radius 1 is 1.80 bits per heavy atom. The first-order chi connectivity index (χ1) is 4.33. The van der Waals surface area contributed by atoms with Crippen LogP contribution in [0.25, 0.3) is 0 Å². The fourth-order valence-corrected chi connectivity index (χ4v) is 0.880. The summed E-state index contributed by atoms with van der Waals surface area (Å²) in [5, 5.41) is 6.90. The van der Waals surface area contributed by atoms with E-state index in [2.05, 4.69) is 12.0 Å². The van der Waals surface area contributed by atoms with Crippen molar-refractivity contribution in [3.63, 3.8) is 0 Å². The second-order valence-corrected chi connectivity index (χ2v) is 2.23. The van der Waals surface area contributed by atoms with Crippen LogP contribution in [-0.4, -0.2) is 24.6 Å². The van der Waals surface area contributed by atoms with Gasteiger partial charge in [0.05, 0.1) is 0 Å². The molecule has 0 bridgehead atoms. The van der Waals surface area contributed by atoms with E-state index < -0.39 is 0 Å². The Balaban J connectivity index is 0.000000810. The minimum Gasteiger partial charge on any atom is -1.00 e. The number of hydrogen-bond acceptors (Lipinski definition) is 3. The largest absolute Gasteiger partial charge is 1.00 e. The van der Waals surface area contributed by atoms with Gasteiger partial charge in [-0.1, -0.05) is 12.0 Å². The van der Waals surface area contributed by atoms with Gasteiger partial charge in [-0.2, -0.15) is 5.01 Å². The van der Waals surface area contributed by atoms with E-state index in [1.54, 1.807) is 11.3 Å². The van der Waals surface area contributed by atoms with Gasteiger partial charge < -0.3 is 17.0 Å². The van der Waals surface area contributed by atoms with Crippen LogP contribution >= 0.6 is 0 Å². The molecule has 3 N–H and O–H groups in total. The number of nitrogens with two attached hydrogens (primary N) is 1. The van der Waals surface area contributed by atoms with Crippen LogP contribution in [-0.2, 0) is 0 Å². The van der Waals surface area contributed by atoms with Gasteiger partial charge >= 0.3 is 0 Å². The summed E-state index contributed by atoms with van der Waals surface area (Å²) in [4.78, 5) is 0. The van der Waals surface area contributed by atoms with E-state index in [1.165, 1.54) is 5.01 Å². The Labute approximate surface area is 71.4 Å². The summed E-state index contributed by atoms with van der Waals surface area (Å²) in [6.07, 6.45) is 2.82. The van der Waals surface area contributed by atoms with Crippen LogP contribution in [0.1, 0.15) is 13.3 Å². The average molecular weight is 209 g/mol. The Morgan fingerprint density at radius 2 is 2.50 bits per heavy atom. The van der Waals surface area contributed by atoms with Crippen LogP contribution in [0.15, 0.2) is 5.10 Å². The molecule has 0 aromatic rings. The second-order valence-electron chi connectivity index (χ2n) is 2.23. The third kappa shape index (κ3) is 2.64. The molecule has 0 aromatic carbocycles. The van der Waals surface area contributed by atoms with Gasteiger partial charge in [0.2, 0.25) is 0 Å². The van der Waals surface area contributed by atoms with Crippen LogP contribution in [0.3, 0.4) is 0 Å². The zero-order valence-corrected chi connectivity index (χ0v) is 7.63. The third-order valence-corrected chi connectivity index (χ3v) is 1.29. The molecule has 0 fully saturated rings. The van der Waals surface area contributed by atoms with Gasteiger partial charge in [-0.15, -0.1) is 0 Å². The molecule has 1 aliphatic heterocycles. The fraction of sp³-hybridized carbons (Fsp3) is 0.800. The maximum absolute atomic E-state index is 5.42. The molecule has 4 nitrogen and oxygen atoms in total. The lowest BCUT2D eigenvalue weighted by Crippen LogP contribution is -3.07. The van der Waals surface area contributed by atoms with Gasteiger partial charge in [-0.25, -0.2) is 10.9 Å². The van der Waals surface area contributed by atoms with Crippen molar-refractivity contribution in [2.45, 2.75) is 13.3 Å². The van der Waals surface area contributed by atoms with Crippen molar-refractivity contribution in [1.29, 1.82) is 0 Å². The first kappa shape index (κ1) is 9.87. The highest BCUT2D eigenvalue weighted by Crippen LogP contribution is 1.72. The molecule has 0 amide bonds. The van der Waals surface area contributed by atoms with Gasteiger partial charge in [-0.3, -0.25) is 0 Å². The highest BCUT2D eigenvalue weighted by Gasteiger charge is 2.13. The number of halogens is 1. The molecule has 5 heteroatoms. The summed E-state index contributed by atoms with van der Waals surface area (Å²) >= 11 is 0. The second kappa shape index (κ2) is 4.65. The van der Waals surface area contributed by atoms with Crippen molar-refractivity contribution in [2.75, 3.05) is 13.2 Å². The number of nitrogens with zero attached hydrogens (tertiary/aromatic N) is 2. The van der Waals surface area contributed by atoms with E-state index in [1.807, 2.05) is 0 Å². The minimum atomic E-state index is 0. The lowest BCUT2D eigenvalue weighted by Gasteiger charge is -2.06. The van der Waals surface area contributed by atoms with Crippen molar-refractivity contribution in [3.8, 4) is 0 Å². The van der Waals surface area contributed by atoms with E-state index in [0.29, 0.717) is 0 Å². The Morgan fingerprint density at radius 3 is 2.90 bits per heavy atom. The van der Waals surface area contributed by atoms with Crippen LogP contribution in [0, 0.1) is 0 Å². The van der Waals surface area contributed by atoms with Crippen LogP contribution in [0.2, 0.25) is 0 Å². The normalized spacial score (nSPS) is 23.0. The van der Waals surface area contributed by atoms with E-state index >= 15 is 0 Å². The first-order valence-electron chi connectivity index (χ1n) is 3.23. The molecular formula is C5H13BrN4. The fourth-order valence-electron chi connectivity index (χ4n) is 0.880. The van der Waals surface area contributed by atoms with E-state index in [9.17, 15) is 0 Å². The molecule has 0 saturated heterocycles. The summed E-state index contributed by atoms with van der Waals surface area (Å²) in [5.74, 6) is 5.42. The van der Waals surface area contributed by atoms with Crippen LogP contribution in [0.5, 0.6) is 0 Å². The topological polar surface area (TPSA) is 46.1 Å². The summed E-state index contributed by atoms with van der Waals surface area (Å²) in [6.45, 7) is 4.03. The Hall–Kier alpha value is -0.130. The molecular weight excluding hydrogens is 196 g/mol. The predicted octanol–water partition coefficient (Wildman–Crippen LogP) is -4.62. The first-order valence-corrected chi connectivity index (χ1v) is 3.23. The molecule has 10 heavy (non-hydrogen) atoms. The number of nitrogens with one attached hydrogen (secondary N) is 1. The number of rotatable bonds is 2. The standard InChI is InChI=1S/C5H12N4.BrH/c1-2-3-9-5-8(6)4-7-9;/h4H,2-3,5-6H2,1H3;1H. The highest BCUT2D eigenvalue weighted by molar-refractivity contribution is 5.53. The Kier molecular flexibility index (Phi) is 4.59. The number of hydrogen-bond donors (Lipinski definition) is 2. The van der Waals surface area contributed by atoms with Gasteiger partial charge in [-0.05, 0) is 6.42 Å². The van der Waals surface area contributed by atoms with Gasteiger partial charge in [0.25, 0.3) is 0 Å². The van der Waals surface area contributed by atoms with E-state index in [-0.39, 0.29) is 17.0 Å². The monoisotopic (exact) mass is 208 g/mol. The zero-order chi connectivity index (χ0) is 6.69. The van der Waals surface area contributed by atoms with Crippen molar-refractivity contribution in [3.05, 3.63) is 0 Å². The van der Waals surface area contributed by atoms with Gasteiger partial charge in [0.15, 0.2) is 13.0 Å². The van der Waals surface area contributed by atoms with Crippen molar-refractivity contribution < 1.29 is 22.0 Å². The van der Waals surface area contributed by atoms with Gasteiger partial charge in [0.1, 0.15) is 6.54 Å². The number of hydrazine groups is 1. The maximum atomic E-state index is 5.42. The maximum Gasteiger partial charge on any atom is 0.191 e. The molecule has 0 aliphatic carbocycles. The predicted molar refractivity (Wildman–Crippen MR) is 35.5 cm³/mol. The van der Waals surface area contributed by atoms with Crippen molar-refractivity contribution in [1.82, 2.24) is 5.01 Å². The summed E-state index contributed by atoms with van der Waals surface area (Å²) in [6, 6.07) is 0. The van der Waals surface area contributed by atoms with Crippen LogP contribution in [0.4, 0.5) is 0 Å². The quantitative estimate of drug-likeness (QED) is 0.449. The minimum absolute atomic E-state index is 0. The molecule has 0 saturated carbocycles. The molecule has 1 unspecified atom stereocenters. The average Bonchev–Trinajstić information content (AvgIpc) is 2.17. The highest BCUT2D eigenvalue weighted by atomic mass is 79.9. The van der Waals surface area contributed by atoms with E-state index in [0.717, 1.165) is 19.6 Å². The molecule has 1 aliphatic rings. The lowest BCUT2D eigenvalue weighted by molar-refractivity contribution is -0.908. The van der Waals surface area contributed by atoms with Crippen molar-refractivity contribution >= 4 is 6.34 Å². The summed E-state index contributed by atoms with van der Waals surface area (Å²) in [7, 11) is 0. The smallest absolute Gasteiger partial charge is 0.191 e. The zero-order valence-electron chi connectivity index (χ0n) is 6.05. The summed E-state index contributed by atoms with van der Waals surface area (Å²) in [5.41, 5.74) is 0. The van der Waals surface area contributed by atoms with Crippen LogP contribution < -0.4 is 27.8 Å². The molecule has 1 rings (SSSR count). The molecule has 60 valence electrons. The SMILES string of the molecule is CCC[NH+]1CN(N)C=N1.[Br-]. The molecule has 1 atom stereocenters. The third-order valence-electron chi connectivity index (χ3n) is 1.29. The van der Waals surface area contributed by atoms with Crippen molar-refractivity contribution in [2.24, 2.45) is 10.9 Å². The van der Waals surface area contributed by atoms with Gasteiger partial charge in [0, 0.05) is 0 Å². The number of quaternary nitrogens is 1. The molecule has 0 radical (unpaired) electrons. The molecule has 1 heterocycles. The molecule has 0 spiro atoms. The lowest BCUT2D eigenvalue weighted by atomic mass is 10.5.